The van der Waals surface area contributed by atoms with E-state index in [1.807, 2.05) is 16.8 Å². The Morgan fingerprint density at radius 1 is 1.35 bits per heavy atom. The van der Waals surface area contributed by atoms with Crippen LogP contribution in [0.2, 0.25) is 0 Å². The zero-order valence-corrected chi connectivity index (χ0v) is 12.9. The molecule has 0 saturated heterocycles. The number of benzene rings is 1. The van der Waals surface area contributed by atoms with Crippen LogP contribution in [0.3, 0.4) is 0 Å². The van der Waals surface area contributed by atoms with Gasteiger partial charge in [0.2, 0.25) is 10.0 Å². The summed E-state index contributed by atoms with van der Waals surface area (Å²) >= 11 is 1.53. The van der Waals surface area contributed by atoms with Crippen molar-refractivity contribution in [3.63, 3.8) is 0 Å². The van der Waals surface area contributed by atoms with E-state index in [-0.39, 0.29) is 10.6 Å². The van der Waals surface area contributed by atoms with Crippen LogP contribution in [0.5, 0.6) is 5.75 Å². The molecule has 108 valence electrons. The first-order chi connectivity index (χ1) is 9.45. The molecular weight excluding hydrogens is 296 g/mol. The van der Waals surface area contributed by atoms with Crippen LogP contribution in [-0.2, 0) is 16.6 Å². The Balaban J connectivity index is 2.34. The summed E-state index contributed by atoms with van der Waals surface area (Å²) in [6.45, 7) is 0.319. The monoisotopic (exact) mass is 312 g/mol. The summed E-state index contributed by atoms with van der Waals surface area (Å²) in [5.41, 5.74) is 7.06. The first-order valence-electron chi connectivity index (χ1n) is 5.86. The molecule has 5 nitrogen and oxygen atoms in total. The molecule has 7 heteroatoms. The molecule has 2 aromatic rings. The smallest absolute Gasteiger partial charge is 0.246 e. The number of thiophene rings is 1. The highest BCUT2D eigenvalue weighted by molar-refractivity contribution is 7.89. The quantitative estimate of drug-likeness (QED) is 0.859. The Morgan fingerprint density at radius 3 is 2.70 bits per heavy atom. The minimum absolute atomic E-state index is 0.118. The summed E-state index contributed by atoms with van der Waals surface area (Å²) in [5.74, 6) is 0.252. The molecular formula is C13H16N2O3S2. The van der Waals surface area contributed by atoms with Crippen molar-refractivity contribution in [1.82, 2.24) is 4.31 Å². The number of nitrogen functional groups attached to an aromatic ring is 1. The van der Waals surface area contributed by atoms with E-state index in [4.69, 9.17) is 10.5 Å². The van der Waals surface area contributed by atoms with Crippen molar-refractivity contribution in [1.29, 1.82) is 0 Å². The van der Waals surface area contributed by atoms with Gasteiger partial charge in [-0.25, -0.2) is 8.42 Å². The van der Waals surface area contributed by atoms with Gasteiger partial charge in [-0.1, -0.05) is 0 Å². The van der Waals surface area contributed by atoms with Gasteiger partial charge in [0.05, 0.1) is 7.11 Å². The highest BCUT2D eigenvalue weighted by Crippen LogP contribution is 2.28. The lowest BCUT2D eigenvalue weighted by Gasteiger charge is -2.18. The maximum Gasteiger partial charge on any atom is 0.246 e. The van der Waals surface area contributed by atoms with Crippen molar-refractivity contribution in [2.24, 2.45) is 0 Å². The van der Waals surface area contributed by atoms with Gasteiger partial charge in [-0.2, -0.15) is 15.6 Å². The number of nitrogens with two attached hydrogens (primary N) is 1. The van der Waals surface area contributed by atoms with Gasteiger partial charge in [0.25, 0.3) is 0 Å². The fourth-order valence-electron chi connectivity index (χ4n) is 1.79. The Kier molecular flexibility index (Phi) is 4.32. The van der Waals surface area contributed by atoms with E-state index >= 15 is 0 Å². The molecule has 0 unspecified atom stereocenters. The third-order valence-electron chi connectivity index (χ3n) is 2.86. The minimum atomic E-state index is -3.62. The van der Waals surface area contributed by atoms with E-state index in [1.165, 1.54) is 34.9 Å². The van der Waals surface area contributed by atoms with Crippen LogP contribution in [-0.4, -0.2) is 26.9 Å². The van der Waals surface area contributed by atoms with E-state index in [1.54, 1.807) is 13.1 Å². The number of ether oxygens (including phenoxy) is 1. The maximum atomic E-state index is 12.6. The normalized spacial score (nSPS) is 11.8. The molecule has 0 amide bonds. The second-order valence-corrected chi connectivity index (χ2v) is 7.10. The first kappa shape index (κ1) is 14.8. The lowest BCUT2D eigenvalue weighted by Crippen LogP contribution is -2.26. The highest BCUT2D eigenvalue weighted by atomic mass is 32.2. The predicted octanol–water partition coefficient (Wildman–Crippen LogP) is 2.16. The zero-order valence-electron chi connectivity index (χ0n) is 11.2. The maximum absolute atomic E-state index is 12.6. The molecule has 0 radical (unpaired) electrons. The number of sulfonamides is 1. The van der Waals surface area contributed by atoms with Gasteiger partial charge in [-0.3, -0.25) is 0 Å². The van der Waals surface area contributed by atoms with Crippen LogP contribution in [0.15, 0.2) is 39.9 Å². The zero-order chi connectivity index (χ0) is 14.8. The van der Waals surface area contributed by atoms with E-state index in [0.717, 1.165) is 5.56 Å². The molecule has 20 heavy (non-hydrogen) atoms. The summed E-state index contributed by atoms with van der Waals surface area (Å²) < 4.78 is 31.5. The molecule has 0 atom stereocenters. The van der Waals surface area contributed by atoms with Crippen molar-refractivity contribution < 1.29 is 13.2 Å². The van der Waals surface area contributed by atoms with Crippen molar-refractivity contribution >= 4 is 27.0 Å². The lowest BCUT2D eigenvalue weighted by molar-refractivity contribution is 0.398. The van der Waals surface area contributed by atoms with Crippen LogP contribution in [0.1, 0.15) is 5.56 Å². The van der Waals surface area contributed by atoms with Gasteiger partial charge in [0.15, 0.2) is 0 Å². The molecule has 0 aliphatic rings. The molecule has 1 heterocycles. The number of hydrogen-bond donors (Lipinski definition) is 1. The third-order valence-corrected chi connectivity index (χ3v) is 5.44. The van der Waals surface area contributed by atoms with Gasteiger partial charge in [-0.15, -0.1) is 0 Å². The fourth-order valence-corrected chi connectivity index (χ4v) is 3.74. The largest absolute Gasteiger partial charge is 0.495 e. The molecule has 0 bridgehead atoms. The topological polar surface area (TPSA) is 72.6 Å². The first-order valence-corrected chi connectivity index (χ1v) is 8.24. The van der Waals surface area contributed by atoms with Crippen LogP contribution in [0.4, 0.5) is 5.69 Å². The molecule has 0 spiro atoms. The van der Waals surface area contributed by atoms with Crippen LogP contribution >= 0.6 is 11.3 Å². The second-order valence-electron chi connectivity index (χ2n) is 4.30. The standard InChI is InChI=1S/C13H16N2O3S2/c1-15(8-10-5-6-19-9-10)20(16,17)13-4-3-11(14)7-12(13)18-2/h3-7,9H,8,14H2,1-2H3. The number of rotatable bonds is 5. The van der Waals surface area contributed by atoms with Crippen LogP contribution in [0.25, 0.3) is 0 Å². The number of methoxy groups -OCH3 is 1. The highest BCUT2D eigenvalue weighted by Gasteiger charge is 2.25. The Bertz CT molecular complexity index is 682. The van der Waals surface area contributed by atoms with Gasteiger partial charge >= 0.3 is 0 Å². The molecule has 2 rings (SSSR count). The minimum Gasteiger partial charge on any atom is -0.495 e. The average Bonchev–Trinajstić information content (AvgIpc) is 2.91. The number of nitrogens with zero attached hydrogens (tertiary/aromatic N) is 1. The Hall–Kier alpha value is -1.57. The number of hydrogen-bond acceptors (Lipinski definition) is 5. The van der Waals surface area contributed by atoms with Crippen molar-refractivity contribution in [2.75, 3.05) is 19.9 Å². The van der Waals surface area contributed by atoms with Gasteiger partial charge < -0.3 is 10.5 Å². The molecule has 2 N–H and O–H groups in total. The second kappa shape index (κ2) is 5.82. The molecule has 0 aliphatic carbocycles. The summed E-state index contributed by atoms with van der Waals surface area (Å²) in [6.07, 6.45) is 0. The summed E-state index contributed by atoms with van der Waals surface area (Å²) in [7, 11) is -0.649. The van der Waals surface area contributed by atoms with Crippen molar-refractivity contribution in [3.05, 3.63) is 40.6 Å². The molecule has 0 fully saturated rings. The van der Waals surface area contributed by atoms with Crippen LogP contribution < -0.4 is 10.5 Å². The SMILES string of the molecule is COc1cc(N)ccc1S(=O)(=O)N(C)Cc1ccsc1. The molecule has 1 aromatic heterocycles. The lowest BCUT2D eigenvalue weighted by atomic mass is 10.3. The Labute approximate surface area is 122 Å². The van der Waals surface area contributed by atoms with Gasteiger partial charge in [0, 0.05) is 25.3 Å². The van der Waals surface area contributed by atoms with E-state index in [0.29, 0.717) is 12.2 Å². The average molecular weight is 312 g/mol. The van der Waals surface area contributed by atoms with Gasteiger partial charge in [0.1, 0.15) is 10.6 Å². The number of anilines is 1. The molecule has 0 aliphatic heterocycles. The van der Waals surface area contributed by atoms with E-state index in [9.17, 15) is 8.42 Å². The summed E-state index contributed by atoms with van der Waals surface area (Å²) in [4.78, 5) is 0.118. The summed E-state index contributed by atoms with van der Waals surface area (Å²) in [5, 5.41) is 3.84. The van der Waals surface area contributed by atoms with Crippen LogP contribution in [0, 0.1) is 0 Å². The fraction of sp³-hybridized carbons (Fsp3) is 0.231. The van der Waals surface area contributed by atoms with Crippen molar-refractivity contribution in [2.45, 2.75) is 11.4 Å². The van der Waals surface area contributed by atoms with Crippen molar-refractivity contribution in [3.8, 4) is 5.75 Å². The Morgan fingerprint density at radius 2 is 2.10 bits per heavy atom. The van der Waals surface area contributed by atoms with E-state index < -0.39 is 10.0 Å². The molecule has 0 saturated carbocycles. The third kappa shape index (κ3) is 2.95. The summed E-state index contributed by atoms with van der Waals surface area (Å²) in [6, 6.07) is 6.42. The molecule has 1 aromatic carbocycles. The van der Waals surface area contributed by atoms with Gasteiger partial charge in [-0.05, 0) is 34.5 Å². The predicted molar refractivity (Wildman–Crippen MR) is 80.4 cm³/mol. The van der Waals surface area contributed by atoms with E-state index in [2.05, 4.69) is 0 Å².